The van der Waals surface area contributed by atoms with Gasteiger partial charge >= 0.3 is 0 Å². The zero-order valence-electron chi connectivity index (χ0n) is 17.1. The third-order valence-corrected chi connectivity index (χ3v) is 4.72. The van der Waals surface area contributed by atoms with Gasteiger partial charge in [-0.3, -0.25) is 20.2 Å². The fraction of sp³-hybridized carbons (Fsp3) is 0.750. The number of hydrogen-bond acceptors (Lipinski definition) is 7. The lowest BCUT2D eigenvalue weighted by Gasteiger charge is -2.14. The summed E-state index contributed by atoms with van der Waals surface area (Å²) in [7, 11) is 0. The standard InChI is InChI=1S/C20H34N2O7/c1-2-3-7-12-17(21(26)27)19(24)14-8-5-4-6-9-15-20(25)18(22(28)29)13-10-11-16-23/h5-6,8-9,16-20,24-25H,2-4,7,10-15H2,1H3/b8-5-,9-6-. The van der Waals surface area contributed by atoms with E-state index in [0.717, 1.165) is 12.8 Å². The van der Waals surface area contributed by atoms with Crippen LogP contribution in [0.1, 0.15) is 71.1 Å². The van der Waals surface area contributed by atoms with Crippen LogP contribution in [-0.4, -0.2) is 50.6 Å². The molecule has 9 nitrogen and oxygen atoms in total. The van der Waals surface area contributed by atoms with Crippen molar-refractivity contribution in [2.45, 2.75) is 95.4 Å². The summed E-state index contributed by atoms with van der Waals surface area (Å²) in [5, 5.41) is 42.1. The Morgan fingerprint density at radius 3 is 1.72 bits per heavy atom. The van der Waals surface area contributed by atoms with Gasteiger partial charge in [-0.25, -0.2) is 0 Å². The van der Waals surface area contributed by atoms with E-state index in [4.69, 9.17) is 0 Å². The Bertz CT molecular complexity index is 537. The first-order chi connectivity index (χ1) is 13.8. The molecule has 0 aliphatic carbocycles. The van der Waals surface area contributed by atoms with Gasteiger partial charge in [0.15, 0.2) is 0 Å². The van der Waals surface area contributed by atoms with Gasteiger partial charge in [0.1, 0.15) is 18.5 Å². The SMILES string of the molecule is CCCCCC(C(O)C/C=C\C/C=C\CC(O)C(CCCC=O)[N+](=O)[O-])[N+](=O)[O-]. The van der Waals surface area contributed by atoms with Crippen LogP contribution in [0.3, 0.4) is 0 Å². The van der Waals surface area contributed by atoms with Crippen LogP contribution in [0.5, 0.6) is 0 Å². The summed E-state index contributed by atoms with van der Waals surface area (Å²) in [4.78, 5) is 31.4. The lowest BCUT2D eigenvalue weighted by Crippen LogP contribution is -2.33. The van der Waals surface area contributed by atoms with E-state index in [0.29, 0.717) is 32.0 Å². The first-order valence-corrected chi connectivity index (χ1v) is 10.2. The van der Waals surface area contributed by atoms with Crippen LogP contribution in [0.15, 0.2) is 24.3 Å². The van der Waals surface area contributed by atoms with E-state index >= 15 is 0 Å². The minimum atomic E-state index is -1.12. The number of aldehydes is 1. The van der Waals surface area contributed by atoms with E-state index in [-0.39, 0.29) is 25.7 Å². The molecule has 0 aliphatic heterocycles. The van der Waals surface area contributed by atoms with Gasteiger partial charge < -0.3 is 15.0 Å². The summed E-state index contributed by atoms with van der Waals surface area (Å²) in [5.41, 5.74) is 0. The molecule has 4 atom stereocenters. The quantitative estimate of drug-likeness (QED) is 0.115. The topological polar surface area (TPSA) is 144 Å². The molecule has 0 bridgehead atoms. The van der Waals surface area contributed by atoms with Crippen LogP contribution >= 0.6 is 0 Å². The molecule has 0 radical (unpaired) electrons. The van der Waals surface area contributed by atoms with E-state index in [1.807, 2.05) is 6.92 Å². The second-order valence-corrected chi connectivity index (χ2v) is 7.08. The van der Waals surface area contributed by atoms with Gasteiger partial charge in [-0.2, -0.15) is 0 Å². The van der Waals surface area contributed by atoms with Crippen molar-refractivity contribution < 1.29 is 24.9 Å². The van der Waals surface area contributed by atoms with Crippen molar-refractivity contribution in [3.8, 4) is 0 Å². The summed E-state index contributed by atoms with van der Waals surface area (Å²) >= 11 is 0. The molecule has 0 aromatic heterocycles. The highest BCUT2D eigenvalue weighted by molar-refractivity contribution is 5.48. The average Bonchev–Trinajstić information content (AvgIpc) is 2.66. The lowest BCUT2D eigenvalue weighted by atomic mass is 10.0. The fourth-order valence-corrected chi connectivity index (χ4v) is 2.95. The Kier molecular flexibility index (Phi) is 15.6. The predicted molar refractivity (Wildman–Crippen MR) is 110 cm³/mol. The molecule has 0 heterocycles. The van der Waals surface area contributed by atoms with E-state index in [1.165, 1.54) is 0 Å². The van der Waals surface area contributed by atoms with Gasteiger partial charge in [-0.05, 0) is 32.1 Å². The van der Waals surface area contributed by atoms with Crippen molar-refractivity contribution in [2.24, 2.45) is 0 Å². The van der Waals surface area contributed by atoms with Gasteiger partial charge in [0.2, 0.25) is 12.1 Å². The summed E-state index contributed by atoms with van der Waals surface area (Å²) in [5.74, 6) is 0. The molecular weight excluding hydrogens is 380 g/mol. The minimum Gasteiger partial charge on any atom is -0.386 e. The van der Waals surface area contributed by atoms with Gasteiger partial charge in [0.25, 0.3) is 0 Å². The van der Waals surface area contributed by atoms with Crippen LogP contribution in [0.25, 0.3) is 0 Å². The molecule has 0 fully saturated rings. The molecular formula is C20H34N2O7. The minimum absolute atomic E-state index is 0.129. The fourth-order valence-electron chi connectivity index (χ4n) is 2.95. The van der Waals surface area contributed by atoms with Gasteiger partial charge in [-0.1, -0.05) is 44.1 Å². The molecule has 4 unspecified atom stereocenters. The number of aliphatic hydroxyl groups excluding tert-OH is 2. The summed E-state index contributed by atoms with van der Waals surface area (Å²) in [6.07, 6.45) is 9.86. The molecule has 0 saturated carbocycles. The number of nitrogens with zero attached hydrogens (tertiary/aromatic N) is 2. The zero-order chi connectivity index (χ0) is 22.1. The number of allylic oxidation sites excluding steroid dienone is 2. The molecule has 166 valence electrons. The van der Waals surface area contributed by atoms with E-state index in [9.17, 15) is 35.2 Å². The molecule has 0 aromatic rings. The van der Waals surface area contributed by atoms with Crippen LogP contribution in [-0.2, 0) is 4.79 Å². The van der Waals surface area contributed by atoms with Crippen molar-refractivity contribution in [2.75, 3.05) is 0 Å². The summed E-state index contributed by atoms with van der Waals surface area (Å²) in [6, 6.07) is -2.06. The third-order valence-electron chi connectivity index (χ3n) is 4.72. The first kappa shape index (κ1) is 26.9. The molecule has 0 saturated heterocycles. The maximum absolute atomic E-state index is 11.1. The number of unbranched alkanes of at least 4 members (excludes halogenated alkanes) is 3. The monoisotopic (exact) mass is 414 g/mol. The average molecular weight is 414 g/mol. The van der Waals surface area contributed by atoms with Crippen molar-refractivity contribution in [3.63, 3.8) is 0 Å². The van der Waals surface area contributed by atoms with Crippen LogP contribution < -0.4 is 0 Å². The Morgan fingerprint density at radius 1 is 0.828 bits per heavy atom. The van der Waals surface area contributed by atoms with E-state index in [2.05, 4.69) is 0 Å². The van der Waals surface area contributed by atoms with Crippen LogP contribution in [0.2, 0.25) is 0 Å². The second kappa shape index (κ2) is 16.8. The molecule has 29 heavy (non-hydrogen) atoms. The number of hydrogen-bond donors (Lipinski definition) is 2. The van der Waals surface area contributed by atoms with Crippen LogP contribution in [0, 0.1) is 20.2 Å². The number of aliphatic hydroxyl groups is 2. The largest absolute Gasteiger partial charge is 0.386 e. The summed E-state index contributed by atoms with van der Waals surface area (Å²) in [6.45, 7) is 2.01. The van der Waals surface area contributed by atoms with E-state index < -0.39 is 34.1 Å². The Morgan fingerprint density at radius 2 is 1.31 bits per heavy atom. The van der Waals surface area contributed by atoms with Crippen molar-refractivity contribution in [1.82, 2.24) is 0 Å². The molecule has 2 N–H and O–H groups in total. The third kappa shape index (κ3) is 12.8. The first-order valence-electron chi connectivity index (χ1n) is 10.2. The number of rotatable bonds is 18. The van der Waals surface area contributed by atoms with Crippen molar-refractivity contribution >= 4 is 6.29 Å². The molecule has 0 spiro atoms. The maximum Gasteiger partial charge on any atom is 0.238 e. The molecule has 0 aromatic carbocycles. The zero-order valence-corrected chi connectivity index (χ0v) is 17.1. The molecule has 0 aliphatic rings. The molecule has 0 amide bonds. The Hall–Kier alpha value is -2.13. The van der Waals surface area contributed by atoms with Gasteiger partial charge in [0.05, 0.1) is 0 Å². The number of carbonyl (C=O) groups is 1. The normalized spacial score (nSPS) is 16.0. The van der Waals surface area contributed by atoms with Crippen LogP contribution in [0.4, 0.5) is 0 Å². The highest BCUT2D eigenvalue weighted by atomic mass is 16.6. The number of nitro groups is 2. The lowest BCUT2D eigenvalue weighted by molar-refractivity contribution is -0.535. The molecule has 9 heteroatoms. The highest BCUT2D eigenvalue weighted by Gasteiger charge is 2.28. The maximum atomic E-state index is 11.1. The highest BCUT2D eigenvalue weighted by Crippen LogP contribution is 2.14. The van der Waals surface area contributed by atoms with Gasteiger partial charge in [-0.15, -0.1) is 0 Å². The smallest absolute Gasteiger partial charge is 0.238 e. The number of carbonyl (C=O) groups excluding carboxylic acids is 1. The van der Waals surface area contributed by atoms with Crippen molar-refractivity contribution in [1.29, 1.82) is 0 Å². The summed E-state index contributed by atoms with van der Waals surface area (Å²) < 4.78 is 0. The Labute approximate surface area is 171 Å². The Balaban J connectivity index is 4.29. The predicted octanol–water partition coefficient (Wildman–Crippen LogP) is 3.23. The van der Waals surface area contributed by atoms with E-state index in [1.54, 1.807) is 24.3 Å². The van der Waals surface area contributed by atoms with Crippen molar-refractivity contribution in [3.05, 3.63) is 44.5 Å². The molecule has 0 rings (SSSR count). The van der Waals surface area contributed by atoms with Gasteiger partial charge in [0, 0.05) is 29.1 Å². The second-order valence-electron chi connectivity index (χ2n) is 7.08.